The number of nitrogens with one attached hydrogen (secondary N) is 2. The first kappa shape index (κ1) is 23.9. The Morgan fingerprint density at radius 2 is 1.72 bits per heavy atom. The highest BCUT2D eigenvalue weighted by molar-refractivity contribution is 8.00. The molecule has 2 amide bonds. The van der Waals surface area contributed by atoms with E-state index in [4.69, 9.17) is 11.6 Å². The Hall–Kier alpha value is -2.76. The van der Waals surface area contributed by atoms with E-state index in [0.29, 0.717) is 10.7 Å². The number of aryl methyl sites for hydroxylation is 2. The van der Waals surface area contributed by atoms with E-state index in [1.807, 2.05) is 68.4 Å². The molecule has 32 heavy (non-hydrogen) atoms. The lowest BCUT2D eigenvalue weighted by atomic mass is 10.1. The molecule has 0 bridgehead atoms. The summed E-state index contributed by atoms with van der Waals surface area (Å²) in [7, 11) is 0. The molecule has 0 spiro atoms. The van der Waals surface area contributed by atoms with Crippen LogP contribution in [0, 0.1) is 6.92 Å². The highest BCUT2D eigenvalue weighted by Crippen LogP contribution is 2.28. The van der Waals surface area contributed by atoms with Gasteiger partial charge < -0.3 is 10.6 Å². The monoisotopic (exact) mass is 466 g/mol. The van der Waals surface area contributed by atoms with Crippen LogP contribution in [0.25, 0.3) is 0 Å². The molecule has 6 heteroatoms. The Morgan fingerprint density at radius 3 is 2.44 bits per heavy atom. The zero-order chi connectivity index (χ0) is 23.1. The molecule has 0 fully saturated rings. The number of benzene rings is 3. The summed E-state index contributed by atoms with van der Waals surface area (Å²) in [6.07, 6.45) is 1.13. The van der Waals surface area contributed by atoms with Gasteiger partial charge >= 0.3 is 0 Å². The fourth-order valence-corrected chi connectivity index (χ4v) is 4.38. The Morgan fingerprint density at radius 1 is 1.00 bits per heavy atom. The summed E-state index contributed by atoms with van der Waals surface area (Å²) in [4.78, 5) is 26.1. The molecule has 2 N–H and O–H groups in total. The summed E-state index contributed by atoms with van der Waals surface area (Å²) in [6, 6.07) is 20.8. The van der Waals surface area contributed by atoms with Gasteiger partial charge in [-0.1, -0.05) is 54.9 Å². The molecule has 3 rings (SSSR count). The molecule has 3 aromatic carbocycles. The number of carbonyl (C=O) groups excluding carboxylic acids is 2. The number of amides is 2. The second kappa shape index (κ2) is 11.2. The van der Waals surface area contributed by atoms with Gasteiger partial charge in [0.2, 0.25) is 11.8 Å². The Kier molecular flexibility index (Phi) is 8.37. The fraction of sp³-hybridized carbons (Fsp3) is 0.231. The molecule has 1 atom stereocenters. The first-order valence-corrected chi connectivity index (χ1v) is 11.8. The highest BCUT2D eigenvalue weighted by Gasteiger charge is 2.17. The van der Waals surface area contributed by atoms with Crippen molar-refractivity contribution in [3.8, 4) is 0 Å². The lowest BCUT2D eigenvalue weighted by Crippen LogP contribution is -2.23. The first-order valence-electron chi connectivity index (χ1n) is 10.6. The maximum absolute atomic E-state index is 12.8. The van der Waals surface area contributed by atoms with Crippen molar-refractivity contribution in [1.29, 1.82) is 0 Å². The van der Waals surface area contributed by atoms with Crippen molar-refractivity contribution >= 4 is 46.6 Å². The van der Waals surface area contributed by atoms with E-state index in [-0.39, 0.29) is 23.5 Å². The SMILES string of the molecule is CCc1cccc(C)c1NC(=O)C(C)Sc1cccc(NC(=O)Cc2ccc(Cl)cc2)c1. The van der Waals surface area contributed by atoms with Crippen LogP contribution in [-0.4, -0.2) is 17.1 Å². The van der Waals surface area contributed by atoms with Crippen LogP contribution in [-0.2, 0) is 22.4 Å². The van der Waals surface area contributed by atoms with Crippen LogP contribution in [0.5, 0.6) is 0 Å². The van der Waals surface area contributed by atoms with E-state index in [9.17, 15) is 9.59 Å². The quantitative estimate of drug-likeness (QED) is 0.372. The van der Waals surface area contributed by atoms with E-state index >= 15 is 0 Å². The van der Waals surface area contributed by atoms with E-state index in [0.717, 1.165) is 33.7 Å². The van der Waals surface area contributed by atoms with Gasteiger partial charge in [-0.15, -0.1) is 11.8 Å². The predicted octanol–water partition coefficient (Wildman–Crippen LogP) is 6.51. The molecule has 0 saturated carbocycles. The van der Waals surface area contributed by atoms with Crippen molar-refractivity contribution in [3.05, 3.63) is 88.4 Å². The molecule has 1 unspecified atom stereocenters. The van der Waals surface area contributed by atoms with Gasteiger partial charge in [-0.05, 0) is 67.3 Å². The first-order chi connectivity index (χ1) is 15.4. The minimum atomic E-state index is -0.292. The van der Waals surface area contributed by atoms with Gasteiger partial charge in [-0.25, -0.2) is 0 Å². The highest BCUT2D eigenvalue weighted by atomic mass is 35.5. The number of para-hydroxylation sites is 1. The summed E-state index contributed by atoms with van der Waals surface area (Å²) in [5, 5.41) is 6.36. The lowest BCUT2D eigenvalue weighted by Gasteiger charge is -2.16. The third kappa shape index (κ3) is 6.62. The number of anilines is 2. The van der Waals surface area contributed by atoms with Crippen molar-refractivity contribution in [1.82, 2.24) is 0 Å². The average molecular weight is 467 g/mol. The second-order valence-corrected chi connectivity index (χ2v) is 9.44. The number of halogens is 1. The van der Waals surface area contributed by atoms with Gasteiger partial charge in [-0.2, -0.15) is 0 Å². The van der Waals surface area contributed by atoms with E-state index in [2.05, 4.69) is 17.6 Å². The minimum Gasteiger partial charge on any atom is -0.326 e. The number of rotatable bonds is 8. The third-order valence-corrected chi connectivity index (χ3v) is 6.41. The van der Waals surface area contributed by atoms with Gasteiger partial charge in [0.15, 0.2) is 0 Å². The van der Waals surface area contributed by atoms with Crippen molar-refractivity contribution in [2.75, 3.05) is 10.6 Å². The Labute approximate surface area is 198 Å². The maximum atomic E-state index is 12.8. The van der Waals surface area contributed by atoms with Crippen LogP contribution in [0.2, 0.25) is 5.02 Å². The van der Waals surface area contributed by atoms with Gasteiger partial charge in [-0.3, -0.25) is 9.59 Å². The zero-order valence-corrected chi connectivity index (χ0v) is 20.0. The topological polar surface area (TPSA) is 58.2 Å². The lowest BCUT2D eigenvalue weighted by molar-refractivity contribution is -0.116. The summed E-state index contributed by atoms with van der Waals surface area (Å²) in [5.74, 6) is -0.150. The smallest absolute Gasteiger partial charge is 0.237 e. The average Bonchev–Trinajstić information content (AvgIpc) is 2.76. The molecular formula is C26H27ClN2O2S. The molecule has 4 nitrogen and oxygen atoms in total. The van der Waals surface area contributed by atoms with Gasteiger partial charge in [0.1, 0.15) is 0 Å². The van der Waals surface area contributed by atoms with E-state index < -0.39 is 0 Å². The summed E-state index contributed by atoms with van der Waals surface area (Å²) in [6.45, 7) is 5.97. The summed E-state index contributed by atoms with van der Waals surface area (Å²) < 4.78 is 0. The van der Waals surface area contributed by atoms with Crippen molar-refractivity contribution < 1.29 is 9.59 Å². The number of hydrogen-bond donors (Lipinski definition) is 2. The van der Waals surface area contributed by atoms with Crippen LogP contribution >= 0.6 is 23.4 Å². The van der Waals surface area contributed by atoms with Crippen LogP contribution in [0.1, 0.15) is 30.5 Å². The second-order valence-electron chi connectivity index (χ2n) is 7.59. The van der Waals surface area contributed by atoms with Crippen LogP contribution < -0.4 is 10.6 Å². The maximum Gasteiger partial charge on any atom is 0.237 e. The normalized spacial score (nSPS) is 11.6. The third-order valence-electron chi connectivity index (χ3n) is 5.07. The van der Waals surface area contributed by atoms with Crippen molar-refractivity contribution in [2.45, 2.75) is 43.8 Å². The van der Waals surface area contributed by atoms with Crippen molar-refractivity contribution in [2.24, 2.45) is 0 Å². The van der Waals surface area contributed by atoms with E-state index in [1.165, 1.54) is 11.8 Å². The molecule has 0 saturated heterocycles. The van der Waals surface area contributed by atoms with Crippen LogP contribution in [0.15, 0.2) is 71.6 Å². The Balaban J connectivity index is 1.60. The summed E-state index contributed by atoms with van der Waals surface area (Å²) >= 11 is 7.35. The van der Waals surface area contributed by atoms with Crippen LogP contribution in [0.3, 0.4) is 0 Å². The van der Waals surface area contributed by atoms with E-state index in [1.54, 1.807) is 12.1 Å². The van der Waals surface area contributed by atoms with Gasteiger partial charge in [0.05, 0.1) is 11.7 Å². The molecule has 0 aromatic heterocycles. The molecule has 0 radical (unpaired) electrons. The number of hydrogen-bond acceptors (Lipinski definition) is 3. The molecular weight excluding hydrogens is 440 g/mol. The molecule has 0 aliphatic rings. The summed E-state index contributed by atoms with van der Waals surface area (Å²) in [5.41, 5.74) is 4.68. The van der Waals surface area contributed by atoms with Crippen molar-refractivity contribution in [3.63, 3.8) is 0 Å². The fourth-order valence-electron chi connectivity index (χ4n) is 3.32. The number of carbonyl (C=O) groups is 2. The zero-order valence-electron chi connectivity index (χ0n) is 18.4. The molecule has 166 valence electrons. The molecule has 0 aliphatic carbocycles. The molecule has 3 aromatic rings. The Bertz CT molecular complexity index is 1100. The molecule has 0 heterocycles. The molecule has 0 aliphatic heterocycles. The minimum absolute atomic E-state index is 0.0452. The predicted molar refractivity (Wildman–Crippen MR) is 135 cm³/mol. The van der Waals surface area contributed by atoms with Gasteiger partial charge in [0.25, 0.3) is 0 Å². The largest absolute Gasteiger partial charge is 0.326 e. The van der Waals surface area contributed by atoms with Crippen LogP contribution in [0.4, 0.5) is 11.4 Å². The van der Waals surface area contributed by atoms with Gasteiger partial charge in [0, 0.05) is 21.3 Å². The number of thioether (sulfide) groups is 1. The standard InChI is InChI=1S/C26H27ClN2O2S/c1-4-20-8-5-7-17(2)25(20)29-26(31)18(3)32-23-10-6-9-22(16-23)28-24(30)15-19-11-13-21(27)14-12-19/h5-14,16,18H,4,15H2,1-3H3,(H,28,30)(H,29,31).